The lowest BCUT2D eigenvalue weighted by atomic mass is 10.0. The molecule has 3 nitrogen and oxygen atoms in total. The molecule has 1 rings (SSSR count). The van der Waals surface area contributed by atoms with Crippen molar-refractivity contribution in [2.45, 2.75) is 25.8 Å². The van der Waals surface area contributed by atoms with Crippen molar-refractivity contribution in [2.24, 2.45) is 5.73 Å². The van der Waals surface area contributed by atoms with Crippen molar-refractivity contribution in [3.05, 3.63) is 34.3 Å². The summed E-state index contributed by atoms with van der Waals surface area (Å²) in [4.78, 5) is 11.0. The van der Waals surface area contributed by atoms with E-state index in [0.29, 0.717) is 6.42 Å². The summed E-state index contributed by atoms with van der Waals surface area (Å²) < 4.78 is 4.56. The third kappa shape index (κ3) is 3.83. The van der Waals surface area contributed by atoms with E-state index in [9.17, 15) is 4.79 Å². The van der Waals surface area contributed by atoms with Crippen LogP contribution in [0.4, 0.5) is 0 Å². The number of hydrogen-bond acceptors (Lipinski definition) is 3. The maximum Gasteiger partial charge on any atom is 0.307 e. The number of aryl methyl sites for hydroxylation is 1. The van der Waals surface area contributed by atoms with Crippen LogP contribution in [0.2, 0.25) is 5.02 Å². The van der Waals surface area contributed by atoms with Crippen LogP contribution in [0.25, 0.3) is 0 Å². The van der Waals surface area contributed by atoms with Crippen LogP contribution in [0.1, 0.15) is 17.5 Å². The Balaban J connectivity index is 2.59. The number of carbonyl (C=O) groups excluding carboxylic acids is 1. The molecule has 0 saturated carbocycles. The molecule has 4 heteroatoms. The first-order valence-electron chi connectivity index (χ1n) is 5.10. The Morgan fingerprint density at radius 2 is 2.25 bits per heavy atom. The molecule has 16 heavy (non-hydrogen) atoms. The van der Waals surface area contributed by atoms with Gasteiger partial charge in [0.15, 0.2) is 0 Å². The van der Waals surface area contributed by atoms with E-state index in [1.54, 1.807) is 0 Å². The van der Waals surface area contributed by atoms with Crippen LogP contribution in [-0.2, 0) is 16.0 Å². The molecule has 0 bridgehead atoms. The van der Waals surface area contributed by atoms with Gasteiger partial charge in [-0.3, -0.25) is 4.79 Å². The number of rotatable bonds is 4. The van der Waals surface area contributed by atoms with E-state index in [4.69, 9.17) is 17.3 Å². The zero-order valence-corrected chi connectivity index (χ0v) is 10.3. The summed E-state index contributed by atoms with van der Waals surface area (Å²) in [6.07, 6.45) is 0.880. The fourth-order valence-corrected chi connectivity index (χ4v) is 1.62. The number of benzene rings is 1. The summed E-state index contributed by atoms with van der Waals surface area (Å²) in [5.41, 5.74) is 7.94. The first-order valence-corrected chi connectivity index (χ1v) is 5.48. The van der Waals surface area contributed by atoms with Gasteiger partial charge in [0.05, 0.1) is 13.5 Å². The largest absolute Gasteiger partial charge is 0.469 e. The Hall–Kier alpha value is -1.06. The molecule has 1 aromatic carbocycles. The van der Waals surface area contributed by atoms with Crippen LogP contribution in [0, 0.1) is 6.92 Å². The van der Waals surface area contributed by atoms with Crippen molar-refractivity contribution in [3.63, 3.8) is 0 Å². The van der Waals surface area contributed by atoms with E-state index in [0.717, 1.165) is 16.1 Å². The third-order valence-electron chi connectivity index (χ3n) is 2.38. The lowest BCUT2D eigenvalue weighted by molar-refractivity contribution is -0.140. The highest BCUT2D eigenvalue weighted by atomic mass is 35.5. The van der Waals surface area contributed by atoms with Gasteiger partial charge < -0.3 is 10.5 Å². The lowest BCUT2D eigenvalue weighted by Gasteiger charge is -2.11. The van der Waals surface area contributed by atoms with Crippen molar-refractivity contribution >= 4 is 17.6 Å². The number of nitrogens with two attached hydrogens (primary N) is 1. The molecule has 0 spiro atoms. The van der Waals surface area contributed by atoms with Gasteiger partial charge in [0.25, 0.3) is 0 Å². The molecule has 0 radical (unpaired) electrons. The second-order valence-corrected chi connectivity index (χ2v) is 4.24. The van der Waals surface area contributed by atoms with Crippen LogP contribution in [-0.4, -0.2) is 19.1 Å². The summed E-state index contributed by atoms with van der Waals surface area (Å²) in [7, 11) is 1.36. The van der Waals surface area contributed by atoms with Crippen LogP contribution in [0.5, 0.6) is 0 Å². The smallest absolute Gasteiger partial charge is 0.307 e. The Morgan fingerprint density at radius 1 is 1.56 bits per heavy atom. The van der Waals surface area contributed by atoms with Crippen molar-refractivity contribution in [2.75, 3.05) is 7.11 Å². The summed E-state index contributed by atoms with van der Waals surface area (Å²) in [6.45, 7) is 1.94. The molecule has 0 aromatic heterocycles. The van der Waals surface area contributed by atoms with Gasteiger partial charge in [-0.25, -0.2) is 0 Å². The SMILES string of the molecule is COC(=O)CC(N)Cc1ccc(Cl)c(C)c1. The number of hydrogen-bond donors (Lipinski definition) is 1. The Kier molecular flexibility index (Phi) is 4.77. The van der Waals surface area contributed by atoms with Crippen LogP contribution in [0.15, 0.2) is 18.2 Å². The molecule has 88 valence electrons. The second kappa shape index (κ2) is 5.87. The summed E-state index contributed by atoms with van der Waals surface area (Å²) in [5.74, 6) is -0.279. The average molecular weight is 242 g/mol. The summed E-state index contributed by atoms with van der Waals surface area (Å²) in [5, 5.41) is 0.741. The van der Waals surface area contributed by atoms with Crippen LogP contribution < -0.4 is 5.73 Å². The molecule has 1 atom stereocenters. The first kappa shape index (κ1) is 13.0. The van der Waals surface area contributed by atoms with Gasteiger partial charge in [-0.1, -0.05) is 23.7 Å². The predicted molar refractivity (Wildman–Crippen MR) is 64.5 cm³/mol. The molecule has 0 fully saturated rings. The predicted octanol–water partition coefficient (Wildman–Crippen LogP) is 2.08. The number of esters is 1. The van der Waals surface area contributed by atoms with Gasteiger partial charge in [-0.05, 0) is 30.5 Å². The van der Waals surface area contributed by atoms with E-state index in [1.807, 2.05) is 25.1 Å². The highest BCUT2D eigenvalue weighted by molar-refractivity contribution is 6.31. The van der Waals surface area contributed by atoms with Gasteiger partial charge >= 0.3 is 5.97 Å². The Morgan fingerprint density at radius 3 is 2.81 bits per heavy atom. The molecule has 0 aliphatic rings. The van der Waals surface area contributed by atoms with Crippen molar-refractivity contribution in [3.8, 4) is 0 Å². The normalized spacial score (nSPS) is 12.2. The van der Waals surface area contributed by atoms with Crippen molar-refractivity contribution < 1.29 is 9.53 Å². The molecule has 0 aliphatic carbocycles. The molecule has 0 aliphatic heterocycles. The molecule has 2 N–H and O–H groups in total. The Labute approximate surface area is 101 Å². The van der Waals surface area contributed by atoms with E-state index in [2.05, 4.69) is 4.74 Å². The fourth-order valence-electron chi connectivity index (χ4n) is 1.51. The van der Waals surface area contributed by atoms with E-state index >= 15 is 0 Å². The number of halogens is 1. The van der Waals surface area contributed by atoms with Crippen LogP contribution >= 0.6 is 11.6 Å². The minimum absolute atomic E-state index is 0.215. The molecule has 0 amide bonds. The van der Waals surface area contributed by atoms with Gasteiger partial charge in [0.1, 0.15) is 0 Å². The van der Waals surface area contributed by atoms with E-state index < -0.39 is 0 Å². The fraction of sp³-hybridized carbons (Fsp3) is 0.417. The second-order valence-electron chi connectivity index (χ2n) is 3.83. The standard InChI is InChI=1S/C12H16ClNO2/c1-8-5-9(3-4-11(8)13)6-10(14)7-12(15)16-2/h3-5,10H,6-7,14H2,1-2H3. The molecular weight excluding hydrogens is 226 g/mol. The van der Waals surface area contributed by atoms with E-state index in [-0.39, 0.29) is 18.4 Å². The molecule has 1 unspecified atom stereocenters. The van der Waals surface area contributed by atoms with Crippen molar-refractivity contribution in [1.29, 1.82) is 0 Å². The monoisotopic (exact) mass is 241 g/mol. The van der Waals surface area contributed by atoms with Gasteiger partial charge in [-0.2, -0.15) is 0 Å². The molecular formula is C12H16ClNO2. The minimum atomic E-state index is -0.279. The molecule has 0 heterocycles. The third-order valence-corrected chi connectivity index (χ3v) is 2.80. The number of ether oxygens (including phenoxy) is 1. The summed E-state index contributed by atoms with van der Waals surface area (Å²) >= 11 is 5.92. The average Bonchev–Trinajstić information content (AvgIpc) is 2.23. The maximum atomic E-state index is 11.0. The maximum absolute atomic E-state index is 11.0. The van der Waals surface area contributed by atoms with E-state index in [1.165, 1.54) is 7.11 Å². The minimum Gasteiger partial charge on any atom is -0.469 e. The van der Waals surface area contributed by atoms with Gasteiger partial charge in [0.2, 0.25) is 0 Å². The quantitative estimate of drug-likeness (QED) is 0.822. The topological polar surface area (TPSA) is 52.3 Å². The highest BCUT2D eigenvalue weighted by Gasteiger charge is 2.10. The molecule has 1 aromatic rings. The zero-order valence-electron chi connectivity index (χ0n) is 9.50. The highest BCUT2D eigenvalue weighted by Crippen LogP contribution is 2.17. The first-order chi connectivity index (χ1) is 7.52. The zero-order chi connectivity index (χ0) is 12.1. The van der Waals surface area contributed by atoms with Crippen LogP contribution in [0.3, 0.4) is 0 Å². The number of carbonyl (C=O) groups is 1. The Bertz CT molecular complexity index is 379. The van der Waals surface area contributed by atoms with Gasteiger partial charge in [-0.15, -0.1) is 0 Å². The number of methoxy groups -OCH3 is 1. The lowest BCUT2D eigenvalue weighted by Crippen LogP contribution is -2.26. The van der Waals surface area contributed by atoms with Gasteiger partial charge in [0, 0.05) is 11.1 Å². The molecule has 0 saturated heterocycles. The summed E-state index contributed by atoms with van der Waals surface area (Å²) in [6, 6.07) is 5.54. The van der Waals surface area contributed by atoms with Crippen molar-refractivity contribution in [1.82, 2.24) is 0 Å².